The summed E-state index contributed by atoms with van der Waals surface area (Å²) in [4.78, 5) is 18.8. The molecule has 0 radical (unpaired) electrons. The van der Waals surface area contributed by atoms with Gasteiger partial charge in [0.25, 0.3) is 5.79 Å². The normalized spacial score (nSPS) is 22.4. The monoisotopic (exact) mass is 590 g/mol. The molecule has 42 heavy (non-hydrogen) atoms. The Morgan fingerprint density at radius 1 is 1.12 bits per heavy atom. The Hall–Kier alpha value is -3.66. The van der Waals surface area contributed by atoms with Crippen molar-refractivity contribution in [2.45, 2.75) is 57.1 Å². The molecule has 2 atom stereocenters. The molecular formula is C32H30ClFN3O5-. The summed E-state index contributed by atoms with van der Waals surface area (Å²) in [6.07, 6.45) is 2.90. The van der Waals surface area contributed by atoms with Gasteiger partial charge in [-0.2, -0.15) is 0 Å². The fourth-order valence-corrected chi connectivity index (χ4v) is 6.45. The molecule has 1 aromatic heterocycles. The number of aromatic nitrogens is 2. The number of carbonyl (C=O) groups excluding carboxylic acids is 1. The van der Waals surface area contributed by atoms with Crippen molar-refractivity contribution in [3.05, 3.63) is 88.0 Å². The highest BCUT2D eigenvalue weighted by atomic mass is 35.5. The summed E-state index contributed by atoms with van der Waals surface area (Å²) in [5.41, 5.74) is 3.05. The van der Waals surface area contributed by atoms with Gasteiger partial charge < -0.3 is 28.7 Å². The summed E-state index contributed by atoms with van der Waals surface area (Å²) >= 11 is 5.97. The Morgan fingerprint density at radius 2 is 1.93 bits per heavy atom. The molecule has 8 nitrogen and oxygen atoms in total. The Balaban J connectivity index is 1.08. The van der Waals surface area contributed by atoms with E-state index >= 15 is 0 Å². The second-order valence-corrected chi connectivity index (χ2v) is 11.8. The number of imidazole rings is 1. The number of para-hydroxylation sites is 1. The summed E-state index contributed by atoms with van der Waals surface area (Å²) in [5, 5.41) is 11.8. The van der Waals surface area contributed by atoms with Crippen molar-refractivity contribution in [1.29, 1.82) is 0 Å². The summed E-state index contributed by atoms with van der Waals surface area (Å²) in [5.74, 6) is -0.536. The lowest BCUT2D eigenvalue weighted by Gasteiger charge is -2.33. The van der Waals surface area contributed by atoms with Crippen LogP contribution in [0.15, 0.2) is 54.6 Å². The molecule has 3 aliphatic heterocycles. The van der Waals surface area contributed by atoms with E-state index in [1.54, 1.807) is 37.3 Å². The van der Waals surface area contributed by atoms with Crippen LogP contribution in [-0.2, 0) is 23.6 Å². The fraction of sp³-hybridized carbons (Fsp3) is 0.375. The van der Waals surface area contributed by atoms with Crippen LogP contribution >= 0.6 is 11.6 Å². The molecule has 0 N–H and O–H groups in total. The van der Waals surface area contributed by atoms with E-state index in [-0.39, 0.29) is 17.6 Å². The van der Waals surface area contributed by atoms with Gasteiger partial charge in [0.2, 0.25) is 0 Å². The minimum Gasteiger partial charge on any atom is -0.545 e. The summed E-state index contributed by atoms with van der Waals surface area (Å²) < 4.78 is 35.1. The highest BCUT2D eigenvalue weighted by molar-refractivity contribution is 6.30. The largest absolute Gasteiger partial charge is 0.545 e. The number of carboxylic acids is 1. The van der Waals surface area contributed by atoms with E-state index in [0.717, 1.165) is 61.4 Å². The highest BCUT2D eigenvalue weighted by Gasteiger charge is 2.43. The number of carbonyl (C=O) groups is 1. The minimum absolute atomic E-state index is 0.105. The lowest BCUT2D eigenvalue weighted by atomic mass is 9.88. The second kappa shape index (κ2) is 10.6. The topological polar surface area (TPSA) is 88.9 Å². The number of halogens is 2. The van der Waals surface area contributed by atoms with Gasteiger partial charge in [-0.3, -0.25) is 4.90 Å². The SMILES string of the molecule is C[C@]1(c2ccc(Cl)cc2F)Oc2cccc(C3CCN(Cc4nc5ccc(C(=O)[O-])cc5n4C[C@@H]4CCO4)CC3)c2O1. The zero-order valence-corrected chi connectivity index (χ0v) is 23.9. The van der Waals surface area contributed by atoms with Gasteiger partial charge in [-0.1, -0.05) is 29.8 Å². The number of ether oxygens (including phenoxy) is 3. The van der Waals surface area contributed by atoms with Gasteiger partial charge in [-0.05, 0) is 80.2 Å². The number of rotatable bonds is 7. The smallest absolute Gasteiger partial charge is 0.278 e. The molecule has 0 spiro atoms. The molecule has 0 aliphatic carbocycles. The van der Waals surface area contributed by atoms with Crippen LogP contribution in [0.5, 0.6) is 11.5 Å². The van der Waals surface area contributed by atoms with Gasteiger partial charge >= 0.3 is 0 Å². The van der Waals surface area contributed by atoms with Crippen molar-refractivity contribution >= 4 is 28.6 Å². The quantitative estimate of drug-likeness (QED) is 0.299. The van der Waals surface area contributed by atoms with Crippen molar-refractivity contribution in [1.82, 2.24) is 14.5 Å². The summed E-state index contributed by atoms with van der Waals surface area (Å²) in [7, 11) is 0. The van der Waals surface area contributed by atoms with E-state index in [1.165, 1.54) is 6.07 Å². The van der Waals surface area contributed by atoms with E-state index in [9.17, 15) is 14.3 Å². The molecule has 2 fully saturated rings. The number of carboxylic acid groups (broad SMARTS) is 1. The summed E-state index contributed by atoms with van der Waals surface area (Å²) in [6.45, 7) is 5.46. The zero-order valence-electron chi connectivity index (χ0n) is 23.1. The van der Waals surface area contributed by atoms with Crippen molar-refractivity contribution < 1.29 is 28.5 Å². The highest BCUT2D eigenvalue weighted by Crippen LogP contribution is 2.49. The minimum atomic E-state index is -1.28. The van der Waals surface area contributed by atoms with Gasteiger partial charge in [0.15, 0.2) is 11.5 Å². The molecule has 0 unspecified atom stereocenters. The van der Waals surface area contributed by atoms with Crippen LogP contribution in [-0.4, -0.2) is 46.2 Å². The molecule has 0 saturated carbocycles. The average Bonchev–Trinajstić information content (AvgIpc) is 3.47. The first-order valence-corrected chi connectivity index (χ1v) is 14.7. The Labute approximate surface area is 247 Å². The predicted octanol–water partition coefficient (Wildman–Crippen LogP) is 5.00. The average molecular weight is 591 g/mol. The Morgan fingerprint density at radius 3 is 2.64 bits per heavy atom. The van der Waals surface area contributed by atoms with Gasteiger partial charge in [0.1, 0.15) is 11.6 Å². The number of nitrogens with zero attached hydrogens (tertiary/aromatic N) is 3. The Bertz CT molecular complexity index is 1680. The van der Waals surface area contributed by atoms with Crippen molar-refractivity contribution in [3.8, 4) is 11.5 Å². The molecule has 10 heteroatoms. The lowest BCUT2D eigenvalue weighted by molar-refractivity contribution is -0.255. The van der Waals surface area contributed by atoms with E-state index in [1.807, 2.05) is 12.1 Å². The third kappa shape index (κ3) is 4.89. The molecule has 218 valence electrons. The predicted molar refractivity (Wildman–Crippen MR) is 152 cm³/mol. The second-order valence-electron chi connectivity index (χ2n) is 11.4. The number of hydrogen-bond acceptors (Lipinski definition) is 7. The third-order valence-corrected chi connectivity index (χ3v) is 8.90. The van der Waals surface area contributed by atoms with Crippen LogP contribution in [0.3, 0.4) is 0 Å². The zero-order chi connectivity index (χ0) is 29.0. The third-order valence-electron chi connectivity index (χ3n) is 8.67. The fourth-order valence-electron chi connectivity index (χ4n) is 6.30. The number of benzene rings is 3. The molecule has 3 aliphatic rings. The molecule has 7 rings (SSSR count). The maximum absolute atomic E-state index is 14.8. The number of piperidine rings is 1. The van der Waals surface area contributed by atoms with Crippen LogP contribution in [0.1, 0.15) is 59.4 Å². The van der Waals surface area contributed by atoms with E-state index in [2.05, 4.69) is 15.5 Å². The molecule has 2 saturated heterocycles. The van der Waals surface area contributed by atoms with Crippen molar-refractivity contribution in [3.63, 3.8) is 0 Å². The van der Waals surface area contributed by atoms with E-state index in [4.69, 9.17) is 30.8 Å². The molecule has 0 bridgehead atoms. The number of hydrogen-bond donors (Lipinski definition) is 0. The van der Waals surface area contributed by atoms with Crippen molar-refractivity contribution in [2.24, 2.45) is 0 Å². The van der Waals surface area contributed by atoms with E-state index in [0.29, 0.717) is 35.2 Å². The standard InChI is InChI=1S/C32H31ClFN3O5/c1-32(24-7-6-21(33)16-25(24)34)41-28-4-2-3-23(30(28)42-32)19-9-12-36(13-10-19)18-29-35-26-8-5-20(31(38)39)15-27(26)37(29)17-22-11-14-40-22/h2-8,15-16,19,22H,9-14,17-18H2,1H3,(H,38,39)/p-1/t22-,32-/m0/s1. The number of likely N-dealkylation sites (tertiary alicyclic amines) is 1. The number of aromatic carboxylic acids is 1. The first-order chi connectivity index (χ1) is 20.3. The lowest BCUT2D eigenvalue weighted by Crippen LogP contribution is -2.35. The van der Waals surface area contributed by atoms with Gasteiger partial charge in [-0.25, -0.2) is 9.37 Å². The first kappa shape index (κ1) is 27.2. The van der Waals surface area contributed by atoms with Gasteiger partial charge in [0.05, 0.1) is 41.8 Å². The molecule has 4 heterocycles. The van der Waals surface area contributed by atoms with E-state index < -0.39 is 17.6 Å². The maximum Gasteiger partial charge on any atom is 0.278 e. The summed E-state index contributed by atoms with van der Waals surface area (Å²) in [6, 6.07) is 15.3. The van der Waals surface area contributed by atoms with Gasteiger partial charge in [-0.15, -0.1) is 0 Å². The van der Waals surface area contributed by atoms with Crippen LogP contribution in [0.25, 0.3) is 11.0 Å². The van der Waals surface area contributed by atoms with Crippen LogP contribution in [0, 0.1) is 5.82 Å². The molecule has 4 aromatic rings. The van der Waals surface area contributed by atoms with Crippen LogP contribution in [0.4, 0.5) is 4.39 Å². The van der Waals surface area contributed by atoms with Gasteiger partial charge in [0, 0.05) is 24.1 Å². The van der Waals surface area contributed by atoms with Crippen LogP contribution in [0.2, 0.25) is 5.02 Å². The molecule has 3 aromatic carbocycles. The first-order valence-electron chi connectivity index (χ1n) is 14.3. The molecular weight excluding hydrogens is 561 g/mol. The molecule has 0 amide bonds. The maximum atomic E-state index is 14.8. The van der Waals surface area contributed by atoms with Crippen molar-refractivity contribution in [2.75, 3.05) is 19.7 Å². The number of fused-ring (bicyclic) bond motifs is 2. The van der Waals surface area contributed by atoms with Crippen LogP contribution < -0.4 is 14.6 Å². The Kier molecular flexibility index (Phi) is 6.84.